The summed E-state index contributed by atoms with van der Waals surface area (Å²) in [7, 11) is 0. The fraction of sp³-hybridized carbons (Fsp3) is 0.125. The quantitative estimate of drug-likeness (QED) is 0.747. The van der Waals surface area contributed by atoms with Gasteiger partial charge in [0.25, 0.3) is 0 Å². The maximum atomic E-state index is 5.48. The lowest BCUT2D eigenvalue weighted by Gasteiger charge is -2.09. The normalized spacial score (nSPS) is 11.2. The minimum absolute atomic E-state index is 0.439. The van der Waals surface area contributed by atoms with Crippen LogP contribution in [0, 0.1) is 6.92 Å². The number of ether oxygens (including phenoxy) is 1. The molecule has 0 fully saturated rings. The Morgan fingerprint density at radius 2 is 2.23 bits per heavy atom. The maximum absolute atomic E-state index is 5.48. The molecule has 0 radical (unpaired) electrons. The van der Waals surface area contributed by atoms with E-state index in [1.54, 1.807) is 18.5 Å². The predicted molar refractivity (Wildman–Crippen MR) is 84.6 cm³/mol. The molecule has 0 aliphatic carbocycles. The standard InChI is InChI=1S/C16H15N5O/c1-4-7-22-10(2)15-12(13-5-6-17-9-18-13)8-14-16(21-15)20-11(3)19-14/h4-9H,2H2,1,3H3,(H,19,20,21)/b7-4-. The molecule has 3 aromatic heterocycles. The molecule has 6 nitrogen and oxygen atoms in total. The van der Waals surface area contributed by atoms with Crippen molar-refractivity contribution in [2.45, 2.75) is 13.8 Å². The van der Waals surface area contributed by atoms with Gasteiger partial charge < -0.3 is 9.72 Å². The largest absolute Gasteiger partial charge is 0.464 e. The van der Waals surface area contributed by atoms with Gasteiger partial charge in [-0.3, -0.25) is 0 Å². The van der Waals surface area contributed by atoms with E-state index in [4.69, 9.17) is 4.74 Å². The molecule has 0 aromatic carbocycles. The third-order valence-electron chi connectivity index (χ3n) is 3.06. The number of allylic oxidation sites excluding steroid dienone is 1. The first kappa shape index (κ1) is 13.9. The highest BCUT2D eigenvalue weighted by atomic mass is 16.5. The molecule has 1 N–H and O–H groups in total. The highest BCUT2D eigenvalue weighted by Crippen LogP contribution is 2.28. The predicted octanol–water partition coefficient (Wildman–Crippen LogP) is 3.24. The average molecular weight is 293 g/mol. The lowest BCUT2D eigenvalue weighted by atomic mass is 10.1. The van der Waals surface area contributed by atoms with E-state index in [0.29, 0.717) is 17.1 Å². The van der Waals surface area contributed by atoms with Gasteiger partial charge in [-0.1, -0.05) is 12.7 Å². The van der Waals surface area contributed by atoms with Crippen molar-refractivity contribution in [2.24, 2.45) is 0 Å². The van der Waals surface area contributed by atoms with Gasteiger partial charge in [0.05, 0.1) is 17.5 Å². The molecule has 110 valence electrons. The van der Waals surface area contributed by atoms with Crippen LogP contribution < -0.4 is 0 Å². The van der Waals surface area contributed by atoms with Crippen molar-refractivity contribution in [2.75, 3.05) is 0 Å². The van der Waals surface area contributed by atoms with Crippen molar-refractivity contribution < 1.29 is 4.74 Å². The van der Waals surface area contributed by atoms with Crippen LogP contribution >= 0.6 is 0 Å². The number of hydrogen-bond acceptors (Lipinski definition) is 5. The Balaban J connectivity index is 2.20. The monoisotopic (exact) mass is 293 g/mol. The molecule has 0 saturated heterocycles. The Bertz CT molecular complexity index is 852. The Morgan fingerprint density at radius 3 is 2.95 bits per heavy atom. The molecular formula is C16H15N5O. The molecule has 3 heterocycles. The fourth-order valence-electron chi connectivity index (χ4n) is 2.13. The average Bonchev–Trinajstić information content (AvgIpc) is 2.91. The Morgan fingerprint density at radius 1 is 1.36 bits per heavy atom. The molecule has 22 heavy (non-hydrogen) atoms. The molecule has 3 rings (SSSR count). The number of pyridine rings is 1. The molecule has 0 aliphatic rings. The summed E-state index contributed by atoms with van der Waals surface area (Å²) < 4.78 is 5.48. The van der Waals surface area contributed by atoms with Gasteiger partial charge in [-0.15, -0.1) is 0 Å². The molecule has 0 bridgehead atoms. The lowest BCUT2D eigenvalue weighted by Crippen LogP contribution is -1.97. The summed E-state index contributed by atoms with van der Waals surface area (Å²) in [5.41, 5.74) is 3.63. The van der Waals surface area contributed by atoms with Crippen LogP contribution in [0.5, 0.6) is 0 Å². The fourth-order valence-corrected chi connectivity index (χ4v) is 2.13. The summed E-state index contributed by atoms with van der Waals surface area (Å²) in [6.07, 6.45) is 6.53. The van der Waals surface area contributed by atoms with Gasteiger partial charge in [-0.05, 0) is 26.0 Å². The highest BCUT2D eigenvalue weighted by molar-refractivity contribution is 5.84. The number of fused-ring (bicyclic) bond motifs is 1. The number of hydrogen-bond donors (Lipinski definition) is 1. The highest BCUT2D eigenvalue weighted by Gasteiger charge is 2.15. The summed E-state index contributed by atoms with van der Waals surface area (Å²) in [6.45, 7) is 7.70. The minimum Gasteiger partial charge on any atom is -0.464 e. The van der Waals surface area contributed by atoms with E-state index >= 15 is 0 Å². The van der Waals surface area contributed by atoms with E-state index in [-0.39, 0.29) is 0 Å². The third-order valence-corrected chi connectivity index (χ3v) is 3.06. The van der Waals surface area contributed by atoms with Gasteiger partial charge in [0.15, 0.2) is 5.65 Å². The van der Waals surface area contributed by atoms with Gasteiger partial charge in [-0.2, -0.15) is 0 Å². The van der Waals surface area contributed by atoms with Crippen LogP contribution in [0.25, 0.3) is 28.2 Å². The van der Waals surface area contributed by atoms with Gasteiger partial charge in [0.1, 0.15) is 23.6 Å². The second kappa shape index (κ2) is 5.77. The first-order valence-corrected chi connectivity index (χ1v) is 6.80. The number of H-pyrrole nitrogens is 1. The first-order chi connectivity index (χ1) is 10.7. The van der Waals surface area contributed by atoms with Crippen molar-refractivity contribution in [3.8, 4) is 11.3 Å². The maximum Gasteiger partial charge on any atom is 0.178 e. The number of aromatic amines is 1. The van der Waals surface area contributed by atoms with Crippen LogP contribution in [-0.4, -0.2) is 24.9 Å². The Labute approximate surface area is 127 Å². The molecule has 0 unspecified atom stereocenters. The van der Waals surface area contributed by atoms with Crippen LogP contribution in [-0.2, 0) is 4.74 Å². The van der Waals surface area contributed by atoms with Gasteiger partial charge in [0, 0.05) is 11.8 Å². The molecule has 0 atom stereocenters. The number of aryl methyl sites for hydroxylation is 1. The van der Waals surface area contributed by atoms with Crippen LogP contribution in [0.4, 0.5) is 0 Å². The van der Waals surface area contributed by atoms with Crippen LogP contribution in [0.3, 0.4) is 0 Å². The summed E-state index contributed by atoms with van der Waals surface area (Å²) in [4.78, 5) is 20.3. The van der Waals surface area contributed by atoms with Crippen LogP contribution in [0.2, 0.25) is 0 Å². The molecule has 0 saturated carbocycles. The van der Waals surface area contributed by atoms with E-state index in [9.17, 15) is 0 Å². The van der Waals surface area contributed by atoms with Crippen molar-refractivity contribution >= 4 is 16.9 Å². The van der Waals surface area contributed by atoms with Gasteiger partial charge >= 0.3 is 0 Å². The topological polar surface area (TPSA) is 76.6 Å². The van der Waals surface area contributed by atoms with Crippen LogP contribution in [0.1, 0.15) is 18.4 Å². The zero-order valence-corrected chi connectivity index (χ0v) is 12.4. The van der Waals surface area contributed by atoms with E-state index in [2.05, 4.69) is 31.5 Å². The van der Waals surface area contributed by atoms with E-state index in [0.717, 1.165) is 22.6 Å². The number of nitrogens with zero attached hydrogens (tertiary/aromatic N) is 4. The minimum atomic E-state index is 0.439. The zero-order valence-electron chi connectivity index (χ0n) is 12.4. The Kier molecular flexibility index (Phi) is 3.65. The second-order valence-electron chi connectivity index (χ2n) is 4.68. The molecule has 0 amide bonds. The van der Waals surface area contributed by atoms with Gasteiger partial charge in [-0.25, -0.2) is 19.9 Å². The van der Waals surface area contributed by atoms with E-state index in [1.807, 2.05) is 26.0 Å². The number of aromatic nitrogens is 5. The van der Waals surface area contributed by atoms with Gasteiger partial charge in [0.2, 0.25) is 0 Å². The molecule has 0 aliphatic heterocycles. The van der Waals surface area contributed by atoms with E-state index < -0.39 is 0 Å². The summed E-state index contributed by atoms with van der Waals surface area (Å²) in [5.74, 6) is 1.24. The summed E-state index contributed by atoms with van der Waals surface area (Å²) in [6, 6.07) is 3.77. The zero-order chi connectivity index (χ0) is 15.5. The van der Waals surface area contributed by atoms with Crippen molar-refractivity contribution in [3.63, 3.8) is 0 Å². The molecule has 6 heteroatoms. The third kappa shape index (κ3) is 2.58. The summed E-state index contributed by atoms with van der Waals surface area (Å²) >= 11 is 0. The summed E-state index contributed by atoms with van der Waals surface area (Å²) in [5, 5.41) is 0. The number of nitrogens with one attached hydrogen (secondary N) is 1. The van der Waals surface area contributed by atoms with Crippen LogP contribution in [0.15, 0.2) is 43.6 Å². The van der Waals surface area contributed by atoms with Crippen molar-refractivity contribution in [1.29, 1.82) is 0 Å². The number of imidazole rings is 1. The molecule has 0 spiro atoms. The van der Waals surface area contributed by atoms with E-state index in [1.165, 1.54) is 6.33 Å². The lowest BCUT2D eigenvalue weighted by molar-refractivity contribution is 0.435. The molecule has 3 aromatic rings. The first-order valence-electron chi connectivity index (χ1n) is 6.80. The van der Waals surface area contributed by atoms with Crippen molar-refractivity contribution in [3.05, 3.63) is 55.1 Å². The van der Waals surface area contributed by atoms with Crippen molar-refractivity contribution in [1.82, 2.24) is 24.9 Å². The SMILES string of the molecule is C=C(O/C=C\C)c1nc2nc(C)[nH]c2cc1-c1ccncn1. The second-order valence-corrected chi connectivity index (χ2v) is 4.68. The smallest absolute Gasteiger partial charge is 0.178 e. The Hall–Kier alpha value is -3.02. The number of rotatable bonds is 4. The molecular weight excluding hydrogens is 278 g/mol.